The largest absolute Gasteiger partial charge is 0.486 e. The zero-order valence-corrected chi connectivity index (χ0v) is 14.0. The van der Waals surface area contributed by atoms with E-state index in [0.29, 0.717) is 13.2 Å². The summed E-state index contributed by atoms with van der Waals surface area (Å²) in [6, 6.07) is 16.1. The number of imidazole rings is 1. The topological polar surface area (TPSA) is 27.1 Å². The lowest BCUT2D eigenvalue weighted by Crippen LogP contribution is -2.07. The normalized spacial score (nSPS) is 10.8. The molecular formula is C18H17BrN2O. The Balaban J connectivity index is 1.88. The highest BCUT2D eigenvalue weighted by Crippen LogP contribution is 2.20. The van der Waals surface area contributed by atoms with Crippen molar-refractivity contribution >= 4 is 27.0 Å². The average molecular weight is 357 g/mol. The van der Waals surface area contributed by atoms with Crippen LogP contribution in [0.3, 0.4) is 0 Å². The zero-order chi connectivity index (χ0) is 15.5. The Morgan fingerprint density at radius 3 is 2.64 bits per heavy atom. The molecule has 0 amide bonds. The molecule has 0 aliphatic rings. The molecule has 0 saturated carbocycles. The van der Waals surface area contributed by atoms with Gasteiger partial charge in [-0.05, 0) is 31.2 Å². The van der Waals surface area contributed by atoms with Crippen LogP contribution < -0.4 is 4.74 Å². The molecule has 0 radical (unpaired) electrons. The second-order valence-electron chi connectivity index (χ2n) is 5.22. The molecule has 0 atom stereocenters. The monoisotopic (exact) mass is 356 g/mol. The highest BCUT2D eigenvalue weighted by Gasteiger charge is 2.11. The smallest absolute Gasteiger partial charge is 0.148 e. The number of ether oxygens (including phenoxy) is 1. The van der Waals surface area contributed by atoms with Gasteiger partial charge in [-0.25, -0.2) is 4.98 Å². The molecular weight excluding hydrogens is 340 g/mol. The third-order valence-corrected chi connectivity index (χ3v) is 3.70. The first-order chi connectivity index (χ1) is 10.6. The predicted molar refractivity (Wildman–Crippen MR) is 93.3 cm³/mol. The average Bonchev–Trinajstić information content (AvgIpc) is 2.84. The molecule has 22 heavy (non-hydrogen) atoms. The lowest BCUT2D eigenvalue weighted by atomic mass is 10.2. The van der Waals surface area contributed by atoms with Gasteiger partial charge in [0.2, 0.25) is 0 Å². The molecule has 0 spiro atoms. The first kappa shape index (κ1) is 14.9. The minimum atomic E-state index is 0.429. The summed E-state index contributed by atoms with van der Waals surface area (Å²) in [7, 11) is 0. The van der Waals surface area contributed by atoms with Crippen molar-refractivity contribution in [1.29, 1.82) is 0 Å². The third kappa shape index (κ3) is 3.22. The Kier molecular flexibility index (Phi) is 4.29. The van der Waals surface area contributed by atoms with Crippen LogP contribution in [-0.4, -0.2) is 9.55 Å². The minimum Gasteiger partial charge on any atom is -0.486 e. The van der Waals surface area contributed by atoms with Crippen LogP contribution in [0.2, 0.25) is 0 Å². The van der Waals surface area contributed by atoms with Gasteiger partial charge in [-0.1, -0.05) is 52.3 Å². The fourth-order valence-electron chi connectivity index (χ4n) is 2.37. The standard InChI is InChI=1S/C18H17BrN2O/c1-13-7-9-15(10-8-13)22-12-18-20-16-5-3-4-6-17(16)21(18)11-14(2)19/h3-10H,2,11-12H2,1H3. The maximum absolute atomic E-state index is 5.87. The molecule has 112 valence electrons. The maximum atomic E-state index is 5.87. The number of aryl methyl sites for hydroxylation is 1. The van der Waals surface area contributed by atoms with Gasteiger partial charge in [0.15, 0.2) is 0 Å². The fraction of sp³-hybridized carbons (Fsp3) is 0.167. The first-order valence-corrected chi connectivity index (χ1v) is 7.89. The molecule has 0 fully saturated rings. The van der Waals surface area contributed by atoms with Crippen LogP contribution in [0.4, 0.5) is 0 Å². The first-order valence-electron chi connectivity index (χ1n) is 7.10. The molecule has 1 aromatic heterocycles. The summed E-state index contributed by atoms with van der Waals surface area (Å²) in [6.45, 7) is 7.10. The Bertz CT molecular complexity index is 806. The molecule has 4 heteroatoms. The van der Waals surface area contributed by atoms with Gasteiger partial charge in [-0.3, -0.25) is 0 Å². The van der Waals surface area contributed by atoms with E-state index >= 15 is 0 Å². The number of rotatable bonds is 5. The summed E-state index contributed by atoms with van der Waals surface area (Å²) in [5.74, 6) is 1.74. The van der Waals surface area contributed by atoms with Crippen molar-refractivity contribution in [3.05, 3.63) is 71.0 Å². The molecule has 2 aromatic carbocycles. The number of hydrogen-bond donors (Lipinski definition) is 0. The van der Waals surface area contributed by atoms with Gasteiger partial charge in [-0.2, -0.15) is 0 Å². The van der Waals surface area contributed by atoms with Gasteiger partial charge in [-0.15, -0.1) is 0 Å². The summed E-state index contributed by atoms with van der Waals surface area (Å²) in [6.07, 6.45) is 0. The Hall–Kier alpha value is -2.07. The number of aromatic nitrogens is 2. The molecule has 0 bridgehead atoms. The number of para-hydroxylation sites is 2. The summed E-state index contributed by atoms with van der Waals surface area (Å²) >= 11 is 3.44. The third-order valence-electron chi connectivity index (χ3n) is 3.45. The number of benzene rings is 2. The fourth-order valence-corrected chi connectivity index (χ4v) is 2.62. The number of halogens is 1. The van der Waals surface area contributed by atoms with Crippen LogP contribution in [-0.2, 0) is 13.2 Å². The summed E-state index contributed by atoms with van der Waals surface area (Å²) in [5, 5.41) is 0. The van der Waals surface area contributed by atoms with Crippen LogP contribution in [0.1, 0.15) is 11.4 Å². The second-order valence-corrected chi connectivity index (χ2v) is 6.34. The molecule has 0 N–H and O–H groups in total. The SMILES string of the molecule is C=C(Br)Cn1c(COc2ccc(C)cc2)nc2ccccc21. The molecule has 0 aliphatic carbocycles. The van der Waals surface area contributed by atoms with Crippen molar-refractivity contribution in [3.63, 3.8) is 0 Å². The van der Waals surface area contributed by atoms with Crippen molar-refractivity contribution in [2.24, 2.45) is 0 Å². The number of allylic oxidation sites excluding steroid dienone is 1. The molecule has 0 aliphatic heterocycles. The van der Waals surface area contributed by atoms with Crippen molar-refractivity contribution < 1.29 is 4.74 Å². The second kappa shape index (κ2) is 6.36. The van der Waals surface area contributed by atoms with E-state index in [4.69, 9.17) is 4.74 Å². The van der Waals surface area contributed by atoms with E-state index in [2.05, 4.69) is 45.1 Å². The van der Waals surface area contributed by atoms with E-state index in [0.717, 1.165) is 27.1 Å². The lowest BCUT2D eigenvalue weighted by molar-refractivity contribution is 0.291. The van der Waals surface area contributed by atoms with Crippen molar-refractivity contribution in [1.82, 2.24) is 9.55 Å². The molecule has 3 rings (SSSR count). The zero-order valence-electron chi connectivity index (χ0n) is 12.4. The van der Waals surface area contributed by atoms with Crippen molar-refractivity contribution in [2.75, 3.05) is 0 Å². The Morgan fingerprint density at radius 1 is 1.18 bits per heavy atom. The predicted octanol–water partition coefficient (Wildman–Crippen LogP) is 4.83. The van der Waals surface area contributed by atoms with Gasteiger partial charge in [0, 0.05) is 4.48 Å². The van der Waals surface area contributed by atoms with Crippen molar-refractivity contribution in [2.45, 2.75) is 20.1 Å². The number of fused-ring (bicyclic) bond motifs is 1. The van der Waals surface area contributed by atoms with Gasteiger partial charge in [0.25, 0.3) is 0 Å². The van der Waals surface area contributed by atoms with Crippen LogP contribution in [0.5, 0.6) is 5.75 Å². The number of hydrogen-bond acceptors (Lipinski definition) is 2. The van der Waals surface area contributed by atoms with Gasteiger partial charge in [0.1, 0.15) is 18.2 Å². The van der Waals surface area contributed by atoms with E-state index < -0.39 is 0 Å². The van der Waals surface area contributed by atoms with Gasteiger partial charge in [0.05, 0.1) is 17.6 Å². The highest BCUT2D eigenvalue weighted by molar-refractivity contribution is 9.11. The van der Waals surface area contributed by atoms with E-state index in [-0.39, 0.29) is 0 Å². The number of nitrogens with zero attached hydrogens (tertiary/aromatic N) is 2. The van der Waals surface area contributed by atoms with Crippen LogP contribution in [0.15, 0.2) is 59.6 Å². The van der Waals surface area contributed by atoms with Gasteiger partial charge < -0.3 is 9.30 Å². The Morgan fingerprint density at radius 2 is 1.91 bits per heavy atom. The van der Waals surface area contributed by atoms with E-state index in [1.165, 1.54) is 5.56 Å². The maximum Gasteiger partial charge on any atom is 0.148 e. The minimum absolute atomic E-state index is 0.429. The summed E-state index contributed by atoms with van der Waals surface area (Å²) in [5.41, 5.74) is 3.28. The lowest BCUT2D eigenvalue weighted by Gasteiger charge is -2.10. The summed E-state index contributed by atoms with van der Waals surface area (Å²) in [4.78, 5) is 4.67. The van der Waals surface area contributed by atoms with E-state index in [1.54, 1.807) is 0 Å². The molecule has 0 unspecified atom stereocenters. The quantitative estimate of drug-likeness (QED) is 0.654. The van der Waals surface area contributed by atoms with E-state index in [9.17, 15) is 0 Å². The summed E-state index contributed by atoms with van der Waals surface area (Å²) < 4.78 is 8.91. The molecule has 3 nitrogen and oxygen atoms in total. The van der Waals surface area contributed by atoms with E-state index in [1.807, 2.05) is 42.5 Å². The molecule has 3 aromatic rings. The molecule has 0 saturated heterocycles. The van der Waals surface area contributed by atoms with Gasteiger partial charge >= 0.3 is 0 Å². The van der Waals surface area contributed by atoms with Crippen LogP contribution in [0.25, 0.3) is 11.0 Å². The Labute approximate surface area is 138 Å². The highest BCUT2D eigenvalue weighted by atomic mass is 79.9. The van der Waals surface area contributed by atoms with Crippen LogP contribution in [0, 0.1) is 6.92 Å². The van der Waals surface area contributed by atoms with Crippen molar-refractivity contribution in [3.8, 4) is 5.75 Å². The molecule has 1 heterocycles. The van der Waals surface area contributed by atoms with Crippen LogP contribution >= 0.6 is 15.9 Å².